The first-order valence-electron chi connectivity index (χ1n) is 12.6. The number of amides is 1. The summed E-state index contributed by atoms with van der Waals surface area (Å²) in [6.45, 7) is 3.45. The van der Waals surface area contributed by atoms with Crippen LogP contribution in [0.2, 0.25) is 0 Å². The number of rotatable bonds is 9. The molecule has 1 aliphatic heterocycles. The van der Waals surface area contributed by atoms with Crippen LogP contribution in [-0.2, 0) is 16.2 Å². The van der Waals surface area contributed by atoms with Crippen LogP contribution < -0.4 is 9.64 Å². The fraction of sp³-hybridized carbons (Fsp3) is 0.125. The van der Waals surface area contributed by atoms with Crippen molar-refractivity contribution in [2.45, 2.75) is 26.5 Å². The average molecular weight is 551 g/mol. The molecule has 1 amide bonds. The summed E-state index contributed by atoms with van der Waals surface area (Å²) in [5.41, 5.74) is 2.74. The quantitative estimate of drug-likeness (QED) is 0.191. The van der Waals surface area contributed by atoms with Gasteiger partial charge in [-0.1, -0.05) is 90.2 Å². The Morgan fingerprint density at radius 1 is 1.02 bits per heavy atom. The smallest absolute Gasteiger partial charge is 0.296 e. The number of nitrogens with zero attached hydrogens (tertiary/aromatic N) is 2. The number of anilines is 1. The molecular weight excluding hydrogens is 524 g/mol. The second-order valence-electron chi connectivity index (χ2n) is 9.26. The van der Waals surface area contributed by atoms with E-state index in [0.717, 1.165) is 22.5 Å². The third kappa shape index (κ3) is 5.48. The Hall–Kier alpha value is -4.82. The second kappa shape index (κ2) is 11.5. The van der Waals surface area contributed by atoms with Crippen LogP contribution in [0.15, 0.2) is 102 Å². The van der Waals surface area contributed by atoms with Crippen LogP contribution in [0.3, 0.4) is 0 Å². The topological polar surface area (TPSA) is 96.8 Å². The van der Waals surface area contributed by atoms with Crippen molar-refractivity contribution >= 4 is 40.0 Å². The molecule has 0 saturated carbocycles. The molecule has 1 aromatic heterocycles. The molecule has 0 bridgehead atoms. The molecule has 1 atom stereocenters. The lowest BCUT2D eigenvalue weighted by molar-refractivity contribution is -0.117. The molecule has 40 heavy (non-hydrogen) atoms. The van der Waals surface area contributed by atoms with Gasteiger partial charge in [-0.05, 0) is 41.8 Å². The van der Waals surface area contributed by atoms with E-state index in [9.17, 15) is 19.5 Å². The van der Waals surface area contributed by atoms with Crippen LogP contribution in [0.4, 0.5) is 5.13 Å². The number of carbonyl (C=O) groups is 3. The third-order valence-electron chi connectivity index (χ3n) is 6.43. The van der Waals surface area contributed by atoms with Crippen molar-refractivity contribution in [1.82, 2.24) is 4.98 Å². The Kier molecular flexibility index (Phi) is 7.70. The number of hydrogen-bond acceptors (Lipinski definition) is 7. The van der Waals surface area contributed by atoms with Crippen molar-refractivity contribution in [3.05, 3.63) is 130 Å². The molecule has 4 aromatic rings. The van der Waals surface area contributed by atoms with Gasteiger partial charge in [0.2, 0.25) is 0 Å². The molecular formula is C32H26N2O5S. The molecule has 0 spiro atoms. The maximum absolute atomic E-state index is 13.5. The summed E-state index contributed by atoms with van der Waals surface area (Å²) in [5.74, 6) is -1.58. The van der Waals surface area contributed by atoms with E-state index in [1.807, 2.05) is 60.7 Å². The third-order valence-corrected chi connectivity index (χ3v) is 7.69. The first kappa shape index (κ1) is 26.8. The minimum absolute atomic E-state index is 0.0744. The van der Waals surface area contributed by atoms with Gasteiger partial charge in [0.05, 0.1) is 22.2 Å². The lowest BCUT2D eigenvalue weighted by Crippen LogP contribution is -2.30. The van der Waals surface area contributed by atoms with Crippen molar-refractivity contribution in [2.75, 3.05) is 4.90 Å². The van der Waals surface area contributed by atoms with Gasteiger partial charge >= 0.3 is 0 Å². The highest BCUT2D eigenvalue weighted by atomic mass is 32.1. The van der Waals surface area contributed by atoms with Crippen LogP contribution in [-0.4, -0.2) is 27.6 Å². The van der Waals surface area contributed by atoms with Gasteiger partial charge in [-0.15, -0.1) is 0 Å². The van der Waals surface area contributed by atoms with Crippen LogP contribution >= 0.6 is 11.3 Å². The van der Waals surface area contributed by atoms with Crippen LogP contribution in [0, 0.1) is 6.92 Å². The van der Waals surface area contributed by atoms with Crippen molar-refractivity contribution in [3.63, 3.8) is 0 Å². The molecule has 0 fully saturated rings. The largest absolute Gasteiger partial charge is 0.503 e. The summed E-state index contributed by atoms with van der Waals surface area (Å²) < 4.78 is 6.00. The number of ketones is 2. The van der Waals surface area contributed by atoms with Gasteiger partial charge in [-0.25, -0.2) is 4.98 Å². The number of allylic oxidation sites excluding steroid dienone is 1. The molecule has 8 heteroatoms. The molecule has 5 rings (SSSR count). The number of aliphatic hydroxyl groups is 1. The SMILES string of the molecule is CC(=O)c1sc(N2C(=O)C(O)=C(C(=O)C=Cc3ccccc3)C2c2cccc(OCc3ccccc3)c2)nc1C. The minimum Gasteiger partial charge on any atom is -0.503 e. The summed E-state index contributed by atoms with van der Waals surface area (Å²) in [6, 6.07) is 25.0. The van der Waals surface area contributed by atoms with Gasteiger partial charge in [0.1, 0.15) is 12.4 Å². The van der Waals surface area contributed by atoms with E-state index in [0.29, 0.717) is 28.5 Å². The van der Waals surface area contributed by atoms with Gasteiger partial charge < -0.3 is 9.84 Å². The number of aryl methyl sites for hydroxylation is 1. The maximum atomic E-state index is 13.5. The van der Waals surface area contributed by atoms with Gasteiger partial charge in [0.15, 0.2) is 22.5 Å². The normalized spacial score (nSPS) is 15.2. The predicted octanol–water partition coefficient (Wildman–Crippen LogP) is 6.42. The van der Waals surface area contributed by atoms with Crippen molar-refractivity contribution < 1.29 is 24.2 Å². The number of aromatic nitrogens is 1. The highest BCUT2D eigenvalue weighted by Gasteiger charge is 2.45. The zero-order valence-electron chi connectivity index (χ0n) is 21.9. The van der Waals surface area contributed by atoms with Crippen LogP contribution in [0.25, 0.3) is 6.08 Å². The zero-order valence-corrected chi connectivity index (χ0v) is 22.7. The molecule has 7 nitrogen and oxygen atoms in total. The first-order valence-corrected chi connectivity index (χ1v) is 13.4. The molecule has 0 radical (unpaired) electrons. The average Bonchev–Trinajstić information content (AvgIpc) is 3.48. The highest BCUT2D eigenvalue weighted by Crippen LogP contribution is 2.43. The first-order chi connectivity index (χ1) is 19.3. The Morgan fingerprint density at radius 3 is 2.40 bits per heavy atom. The monoisotopic (exact) mass is 550 g/mol. The summed E-state index contributed by atoms with van der Waals surface area (Å²) >= 11 is 1.05. The second-order valence-corrected chi connectivity index (χ2v) is 10.2. The predicted molar refractivity (Wildman–Crippen MR) is 154 cm³/mol. The van der Waals surface area contributed by atoms with Gasteiger partial charge in [-0.2, -0.15) is 0 Å². The lowest BCUT2D eigenvalue weighted by Gasteiger charge is -2.24. The van der Waals surface area contributed by atoms with Crippen molar-refractivity contribution in [1.29, 1.82) is 0 Å². The Balaban J connectivity index is 1.55. The molecule has 0 saturated heterocycles. The van der Waals surface area contributed by atoms with Gasteiger partial charge in [0, 0.05) is 6.92 Å². The molecule has 1 N–H and O–H groups in total. The van der Waals surface area contributed by atoms with Crippen molar-refractivity contribution in [2.24, 2.45) is 0 Å². The van der Waals surface area contributed by atoms with Gasteiger partial charge in [-0.3, -0.25) is 19.3 Å². The molecule has 200 valence electrons. The molecule has 1 aliphatic rings. The summed E-state index contributed by atoms with van der Waals surface area (Å²) in [7, 11) is 0. The Labute approximate surface area is 235 Å². The van der Waals surface area contributed by atoms with Crippen LogP contribution in [0.1, 0.15) is 45.0 Å². The van der Waals surface area contributed by atoms with Crippen LogP contribution in [0.5, 0.6) is 5.75 Å². The molecule has 2 heterocycles. The number of benzene rings is 3. The number of ether oxygens (including phenoxy) is 1. The van der Waals surface area contributed by atoms with E-state index in [2.05, 4.69) is 4.98 Å². The number of carbonyl (C=O) groups excluding carboxylic acids is 3. The van der Waals surface area contributed by atoms with E-state index < -0.39 is 23.5 Å². The fourth-order valence-electron chi connectivity index (χ4n) is 4.52. The highest BCUT2D eigenvalue weighted by molar-refractivity contribution is 7.17. The molecule has 0 aliphatic carbocycles. The Morgan fingerprint density at radius 2 is 1.73 bits per heavy atom. The van der Waals surface area contributed by atoms with E-state index in [-0.39, 0.29) is 16.5 Å². The summed E-state index contributed by atoms with van der Waals surface area (Å²) in [5, 5.41) is 11.2. The summed E-state index contributed by atoms with van der Waals surface area (Å²) in [4.78, 5) is 45.3. The Bertz CT molecular complexity index is 1640. The minimum atomic E-state index is -0.981. The maximum Gasteiger partial charge on any atom is 0.296 e. The summed E-state index contributed by atoms with van der Waals surface area (Å²) in [6.07, 6.45) is 2.97. The van der Waals surface area contributed by atoms with E-state index in [1.165, 1.54) is 17.9 Å². The zero-order chi connectivity index (χ0) is 28.2. The standard InChI is InChI=1S/C32H26N2O5S/c1-20-30(21(2)35)40-32(33-20)34-28(24-14-9-15-25(18-24)39-19-23-12-7-4-8-13-23)27(29(37)31(34)38)26(36)17-16-22-10-5-3-6-11-22/h3-18,28,37H,19H2,1-2H3. The van der Waals surface area contributed by atoms with Crippen molar-refractivity contribution in [3.8, 4) is 5.75 Å². The van der Waals surface area contributed by atoms with E-state index in [1.54, 1.807) is 37.3 Å². The number of Topliss-reactive ketones (excluding diaryl/α,β-unsaturated/α-hetero) is 1. The lowest BCUT2D eigenvalue weighted by atomic mass is 9.95. The number of aliphatic hydroxyl groups excluding tert-OH is 1. The number of hydrogen-bond donors (Lipinski definition) is 1. The van der Waals surface area contributed by atoms with E-state index in [4.69, 9.17) is 4.74 Å². The molecule has 3 aromatic carbocycles. The number of thiazole rings is 1. The van der Waals surface area contributed by atoms with Gasteiger partial charge in [0.25, 0.3) is 5.91 Å². The fourth-order valence-corrected chi connectivity index (χ4v) is 5.51. The van der Waals surface area contributed by atoms with E-state index >= 15 is 0 Å². The molecule has 1 unspecified atom stereocenters.